The summed E-state index contributed by atoms with van der Waals surface area (Å²) in [6.07, 6.45) is 1.84. The predicted octanol–water partition coefficient (Wildman–Crippen LogP) is 1.77. The van der Waals surface area contributed by atoms with Crippen LogP contribution in [0.25, 0.3) is 0 Å². The van der Waals surface area contributed by atoms with Crippen molar-refractivity contribution >= 4 is 10.8 Å². The molecule has 0 amide bonds. The first-order chi connectivity index (χ1) is 7.24. The molecule has 3 unspecified atom stereocenters. The largest absolute Gasteiger partial charge is 0.323 e. The van der Waals surface area contributed by atoms with Crippen LogP contribution >= 0.6 is 0 Å². The number of rotatable bonds is 3. The third kappa shape index (κ3) is 1.99. The molecule has 3 heteroatoms. The van der Waals surface area contributed by atoms with Gasteiger partial charge in [0.05, 0.1) is 5.25 Å². The fourth-order valence-corrected chi connectivity index (χ4v) is 3.74. The molecule has 0 aromatic heterocycles. The molecule has 0 aliphatic heterocycles. The van der Waals surface area contributed by atoms with E-state index in [0.29, 0.717) is 0 Å². The molecule has 15 heavy (non-hydrogen) atoms. The SMILES string of the molecule is CCCS(=O)C1Cc2ccccc2C1N. The highest BCUT2D eigenvalue weighted by atomic mass is 32.2. The zero-order valence-electron chi connectivity index (χ0n) is 8.98. The molecule has 1 aliphatic carbocycles. The summed E-state index contributed by atoms with van der Waals surface area (Å²) < 4.78 is 12.0. The molecule has 0 radical (unpaired) electrons. The molecule has 0 saturated heterocycles. The minimum absolute atomic E-state index is 0.0337. The first-order valence-electron chi connectivity index (χ1n) is 5.44. The van der Waals surface area contributed by atoms with Gasteiger partial charge in [-0.2, -0.15) is 0 Å². The highest BCUT2D eigenvalue weighted by Gasteiger charge is 2.32. The van der Waals surface area contributed by atoms with Gasteiger partial charge in [-0.15, -0.1) is 0 Å². The highest BCUT2D eigenvalue weighted by Crippen LogP contribution is 2.32. The molecule has 0 spiro atoms. The van der Waals surface area contributed by atoms with Gasteiger partial charge in [0.15, 0.2) is 0 Å². The van der Waals surface area contributed by atoms with E-state index in [1.807, 2.05) is 12.1 Å². The molecule has 3 atom stereocenters. The second kappa shape index (κ2) is 4.45. The average Bonchev–Trinajstić information content (AvgIpc) is 2.57. The van der Waals surface area contributed by atoms with Gasteiger partial charge in [-0.1, -0.05) is 31.2 Å². The maximum Gasteiger partial charge on any atom is 0.0581 e. The van der Waals surface area contributed by atoms with Gasteiger partial charge in [0.25, 0.3) is 0 Å². The summed E-state index contributed by atoms with van der Waals surface area (Å²) in [5.74, 6) is 0.770. The van der Waals surface area contributed by atoms with Crippen LogP contribution in [0.3, 0.4) is 0 Å². The van der Waals surface area contributed by atoms with Crippen LogP contribution in [0.4, 0.5) is 0 Å². The Labute approximate surface area is 93.3 Å². The monoisotopic (exact) mass is 223 g/mol. The van der Waals surface area contributed by atoms with E-state index in [0.717, 1.165) is 18.6 Å². The van der Waals surface area contributed by atoms with Crippen LogP contribution in [0.1, 0.15) is 30.5 Å². The number of fused-ring (bicyclic) bond motifs is 1. The topological polar surface area (TPSA) is 43.1 Å². The van der Waals surface area contributed by atoms with Crippen molar-refractivity contribution in [3.8, 4) is 0 Å². The van der Waals surface area contributed by atoms with Gasteiger partial charge in [-0.25, -0.2) is 0 Å². The lowest BCUT2D eigenvalue weighted by atomic mass is 10.1. The van der Waals surface area contributed by atoms with Crippen molar-refractivity contribution in [1.82, 2.24) is 0 Å². The zero-order valence-corrected chi connectivity index (χ0v) is 9.80. The fourth-order valence-electron chi connectivity index (χ4n) is 2.20. The van der Waals surface area contributed by atoms with E-state index in [-0.39, 0.29) is 11.3 Å². The molecular formula is C12H17NOS. The Morgan fingerprint density at radius 2 is 2.20 bits per heavy atom. The van der Waals surface area contributed by atoms with Crippen molar-refractivity contribution in [1.29, 1.82) is 0 Å². The van der Waals surface area contributed by atoms with Gasteiger partial charge >= 0.3 is 0 Å². The van der Waals surface area contributed by atoms with Crippen LogP contribution in [0.5, 0.6) is 0 Å². The molecule has 0 saturated carbocycles. The fraction of sp³-hybridized carbons (Fsp3) is 0.500. The van der Waals surface area contributed by atoms with Crippen LogP contribution in [-0.2, 0) is 17.2 Å². The molecule has 0 bridgehead atoms. The number of benzene rings is 1. The molecule has 0 fully saturated rings. The molecule has 1 aromatic rings. The third-order valence-corrected chi connectivity index (χ3v) is 4.92. The predicted molar refractivity (Wildman–Crippen MR) is 64.2 cm³/mol. The lowest BCUT2D eigenvalue weighted by Crippen LogP contribution is -2.28. The van der Waals surface area contributed by atoms with E-state index in [9.17, 15) is 4.21 Å². The van der Waals surface area contributed by atoms with E-state index in [1.54, 1.807) is 0 Å². The molecular weight excluding hydrogens is 206 g/mol. The van der Waals surface area contributed by atoms with E-state index < -0.39 is 10.8 Å². The Morgan fingerprint density at radius 1 is 1.47 bits per heavy atom. The Kier molecular flexibility index (Phi) is 3.22. The van der Waals surface area contributed by atoms with Crippen LogP contribution in [0, 0.1) is 0 Å². The van der Waals surface area contributed by atoms with Crippen LogP contribution in [0.15, 0.2) is 24.3 Å². The van der Waals surface area contributed by atoms with E-state index in [2.05, 4.69) is 19.1 Å². The smallest absolute Gasteiger partial charge is 0.0581 e. The quantitative estimate of drug-likeness (QED) is 0.848. The van der Waals surface area contributed by atoms with Gasteiger partial charge < -0.3 is 5.73 Å². The Bertz CT molecular complexity index is 378. The minimum Gasteiger partial charge on any atom is -0.323 e. The van der Waals surface area contributed by atoms with Crippen LogP contribution in [-0.4, -0.2) is 15.2 Å². The molecule has 2 N–H and O–H groups in total. The van der Waals surface area contributed by atoms with Crippen molar-refractivity contribution in [2.45, 2.75) is 31.1 Å². The summed E-state index contributed by atoms with van der Waals surface area (Å²) in [6, 6.07) is 8.15. The number of hydrogen-bond acceptors (Lipinski definition) is 2. The molecule has 1 aromatic carbocycles. The molecule has 0 heterocycles. The van der Waals surface area contributed by atoms with Gasteiger partial charge in [-0.3, -0.25) is 4.21 Å². The van der Waals surface area contributed by atoms with Gasteiger partial charge in [0.2, 0.25) is 0 Å². The van der Waals surface area contributed by atoms with Crippen molar-refractivity contribution < 1.29 is 4.21 Å². The molecule has 82 valence electrons. The lowest BCUT2D eigenvalue weighted by Gasteiger charge is -2.14. The third-order valence-electron chi connectivity index (χ3n) is 2.98. The Morgan fingerprint density at radius 3 is 2.87 bits per heavy atom. The molecule has 1 aliphatic rings. The second-order valence-corrected chi connectivity index (χ2v) is 5.83. The maximum absolute atomic E-state index is 12.0. The molecule has 2 rings (SSSR count). The van der Waals surface area contributed by atoms with Gasteiger partial charge in [-0.05, 0) is 24.0 Å². The first-order valence-corrected chi connectivity index (χ1v) is 6.82. The highest BCUT2D eigenvalue weighted by molar-refractivity contribution is 7.85. The number of nitrogens with two attached hydrogens (primary N) is 1. The maximum atomic E-state index is 12.0. The Balaban J connectivity index is 2.19. The van der Waals surface area contributed by atoms with Crippen molar-refractivity contribution in [3.05, 3.63) is 35.4 Å². The average molecular weight is 223 g/mol. The number of hydrogen-bond donors (Lipinski definition) is 1. The van der Waals surface area contributed by atoms with E-state index >= 15 is 0 Å². The second-order valence-electron chi connectivity index (χ2n) is 4.05. The summed E-state index contributed by atoms with van der Waals surface area (Å²) in [5, 5.41) is 0.127. The first kappa shape index (κ1) is 10.8. The summed E-state index contributed by atoms with van der Waals surface area (Å²) in [5.41, 5.74) is 8.59. The lowest BCUT2D eigenvalue weighted by molar-refractivity contribution is 0.645. The molecule has 2 nitrogen and oxygen atoms in total. The Hall–Kier alpha value is -0.670. The minimum atomic E-state index is -0.777. The van der Waals surface area contributed by atoms with Gasteiger partial charge in [0, 0.05) is 22.6 Å². The van der Waals surface area contributed by atoms with Crippen molar-refractivity contribution in [2.75, 3.05) is 5.75 Å². The van der Waals surface area contributed by atoms with Gasteiger partial charge in [0.1, 0.15) is 0 Å². The van der Waals surface area contributed by atoms with Crippen molar-refractivity contribution in [3.63, 3.8) is 0 Å². The van der Waals surface area contributed by atoms with E-state index in [1.165, 1.54) is 11.1 Å². The summed E-state index contributed by atoms with van der Waals surface area (Å²) >= 11 is 0. The van der Waals surface area contributed by atoms with Crippen molar-refractivity contribution in [2.24, 2.45) is 5.73 Å². The summed E-state index contributed by atoms with van der Waals surface area (Å²) in [4.78, 5) is 0. The van der Waals surface area contributed by atoms with E-state index in [4.69, 9.17) is 5.73 Å². The summed E-state index contributed by atoms with van der Waals surface area (Å²) in [7, 11) is -0.777. The van der Waals surface area contributed by atoms with Crippen LogP contribution < -0.4 is 5.73 Å². The standard InChI is InChI=1S/C12H17NOS/c1-2-7-15(14)11-8-9-5-3-4-6-10(9)12(11)13/h3-6,11-12H,2,7-8,13H2,1H3. The van der Waals surface area contributed by atoms with Crippen LogP contribution in [0.2, 0.25) is 0 Å². The summed E-state index contributed by atoms with van der Waals surface area (Å²) in [6.45, 7) is 2.06. The zero-order chi connectivity index (χ0) is 10.8. The normalized spacial score (nSPS) is 26.3.